The molecule has 4 nitrogen and oxygen atoms in total. The van der Waals surface area contributed by atoms with Gasteiger partial charge in [-0.3, -0.25) is 9.48 Å². The minimum absolute atomic E-state index is 0.120. The van der Waals surface area contributed by atoms with Gasteiger partial charge in [0.05, 0.1) is 15.7 Å². The fourth-order valence-corrected chi connectivity index (χ4v) is 1.83. The second kappa shape index (κ2) is 5.21. The first-order chi connectivity index (χ1) is 8.16. The zero-order chi connectivity index (χ0) is 12.3. The van der Waals surface area contributed by atoms with Crippen molar-refractivity contribution in [3.05, 3.63) is 46.7 Å². The van der Waals surface area contributed by atoms with E-state index in [2.05, 4.69) is 10.4 Å². The normalized spacial score (nSPS) is 10.2. The van der Waals surface area contributed by atoms with Crippen LogP contribution in [0.5, 0.6) is 0 Å². The smallest absolute Gasteiger partial charge is 0.246 e. The van der Waals surface area contributed by atoms with E-state index in [1.807, 2.05) is 0 Å². The van der Waals surface area contributed by atoms with Gasteiger partial charge in [-0.15, -0.1) is 0 Å². The Hall–Kier alpha value is -1.52. The molecule has 1 N–H and O–H groups in total. The molecule has 1 heterocycles. The van der Waals surface area contributed by atoms with Crippen LogP contribution in [0.1, 0.15) is 0 Å². The zero-order valence-corrected chi connectivity index (χ0v) is 10.2. The van der Waals surface area contributed by atoms with Crippen molar-refractivity contribution in [2.24, 2.45) is 0 Å². The Balaban J connectivity index is 2.08. The number of rotatable bonds is 3. The van der Waals surface area contributed by atoms with Crippen LogP contribution in [0, 0.1) is 0 Å². The standard InChI is InChI=1S/C11H9Cl2N3O/c12-8-3-1-4-9(13)11(8)15-10(17)7-16-6-2-5-14-16/h1-6H,7H2,(H,15,17). The van der Waals surface area contributed by atoms with Gasteiger partial charge in [-0.2, -0.15) is 5.10 Å². The Kier molecular flexibility index (Phi) is 3.66. The van der Waals surface area contributed by atoms with E-state index >= 15 is 0 Å². The van der Waals surface area contributed by atoms with Crippen molar-refractivity contribution >= 4 is 34.8 Å². The topological polar surface area (TPSA) is 46.9 Å². The Morgan fingerprint density at radius 1 is 1.29 bits per heavy atom. The summed E-state index contributed by atoms with van der Waals surface area (Å²) in [6.45, 7) is 0.120. The minimum Gasteiger partial charge on any atom is -0.322 e. The summed E-state index contributed by atoms with van der Waals surface area (Å²) in [5.41, 5.74) is 0.424. The van der Waals surface area contributed by atoms with E-state index in [0.717, 1.165) is 0 Å². The number of aromatic nitrogens is 2. The van der Waals surface area contributed by atoms with Gasteiger partial charge in [0.1, 0.15) is 6.54 Å². The van der Waals surface area contributed by atoms with Crippen molar-refractivity contribution < 1.29 is 4.79 Å². The summed E-state index contributed by atoms with van der Waals surface area (Å²) in [5, 5.41) is 7.40. The van der Waals surface area contributed by atoms with Gasteiger partial charge in [0.15, 0.2) is 0 Å². The third kappa shape index (κ3) is 2.99. The van der Waals surface area contributed by atoms with Crippen LogP contribution >= 0.6 is 23.2 Å². The van der Waals surface area contributed by atoms with E-state index in [1.54, 1.807) is 36.7 Å². The number of anilines is 1. The SMILES string of the molecule is O=C(Cn1cccn1)Nc1c(Cl)cccc1Cl. The second-order valence-corrected chi connectivity index (χ2v) is 4.16. The van der Waals surface area contributed by atoms with Gasteiger partial charge in [-0.25, -0.2) is 0 Å². The highest BCUT2D eigenvalue weighted by Gasteiger charge is 2.09. The number of benzene rings is 1. The van der Waals surface area contributed by atoms with Gasteiger partial charge < -0.3 is 5.32 Å². The molecule has 17 heavy (non-hydrogen) atoms. The van der Waals surface area contributed by atoms with Crippen molar-refractivity contribution in [3.8, 4) is 0 Å². The molecule has 0 bridgehead atoms. The molecule has 0 unspecified atom stereocenters. The molecule has 1 aromatic heterocycles. The lowest BCUT2D eigenvalue weighted by Crippen LogP contribution is -2.19. The molecule has 0 saturated heterocycles. The summed E-state index contributed by atoms with van der Waals surface area (Å²) in [4.78, 5) is 11.7. The number of hydrogen-bond acceptors (Lipinski definition) is 2. The molecule has 0 atom stereocenters. The number of nitrogens with one attached hydrogen (secondary N) is 1. The molecule has 2 aromatic rings. The predicted octanol–water partition coefficient (Wildman–Crippen LogP) is 2.83. The molecule has 0 saturated carbocycles. The van der Waals surface area contributed by atoms with Gasteiger partial charge >= 0.3 is 0 Å². The molecular formula is C11H9Cl2N3O. The fourth-order valence-electron chi connectivity index (χ4n) is 1.34. The largest absolute Gasteiger partial charge is 0.322 e. The molecule has 0 aliphatic heterocycles. The van der Waals surface area contributed by atoms with Gasteiger partial charge in [-0.1, -0.05) is 29.3 Å². The highest BCUT2D eigenvalue weighted by molar-refractivity contribution is 6.39. The molecular weight excluding hydrogens is 261 g/mol. The molecule has 1 aromatic carbocycles. The molecule has 6 heteroatoms. The maximum atomic E-state index is 11.7. The van der Waals surface area contributed by atoms with Crippen molar-refractivity contribution in [3.63, 3.8) is 0 Å². The average Bonchev–Trinajstić information content (AvgIpc) is 2.76. The Morgan fingerprint density at radius 3 is 2.59 bits per heavy atom. The van der Waals surface area contributed by atoms with E-state index < -0.39 is 0 Å². The highest BCUT2D eigenvalue weighted by Crippen LogP contribution is 2.29. The zero-order valence-electron chi connectivity index (χ0n) is 8.73. The van der Waals surface area contributed by atoms with Gasteiger partial charge in [0.25, 0.3) is 0 Å². The summed E-state index contributed by atoms with van der Waals surface area (Å²) < 4.78 is 1.51. The molecule has 0 spiro atoms. The minimum atomic E-state index is -0.233. The van der Waals surface area contributed by atoms with E-state index in [0.29, 0.717) is 15.7 Å². The lowest BCUT2D eigenvalue weighted by atomic mass is 10.3. The van der Waals surface area contributed by atoms with Crippen LogP contribution in [-0.4, -0.2) is 15.7 Å². The van der Waals surface area contributed by atoms with Crippen molar-refractivity contribution in [2.45, 2.75) is 6.54 Å². The number of hydrogen-bond donors (Lipinski definition) is 1. The Bertz CT molecular complexity index is 505. The fraction of sp³-hybridized carbons (Fsp3) is 0.0909. The van der Waals surface area contributed by atoms with E-state index in [1.165, 1.54) is 4.68 Å². The van der Waals surface area contributed by atoms with Crippen molar-refractivity contribution in [1.29, 1.82) is 0 Å². The Labute approximate surface area is 108 Å². The summed E-state index contributed by atoms with van der Waals surface area (Å²) >= 11 is 11.9. The number of carbonyl (C=O) groups is 1. The van der Waals surface area contributed by atoms with Gasteiger partial charge in [-0.05, 0) is 18.2 Å². The summed E-state index contributed by atoms with van der Waals surface area (Å²) in [5.74, 6) is -0.233. The molecule has 0 aliphatic carbocycles. The van der Waals surface area contributed by atoms with Gasteiger partial charge in [0, 0.05) is 12.4 Å². The quantitative estimate of drug-likeness (QED) is 0.932. The third-order valence-corrected chi connectivity index (χ3v) is 2.72. The van der Waals surface area contributed by atoms with Crippen molar-refractivity contribution in [2.75, 3.05) is 5.32 Å². The number of para-hydroxylation sites is 1. The Morgan fingerprint density at radius 2 is 2.00 bits per heavy atom. The number of halogens is 2. The van der Waals surface area contributed by atoms with Crippen LogP contribution in [-0.2, 0) is 11.3 Å². The third-order valence-electron chi connectivity index (χ3n) is 2.09. The maximum Gasteiger partial charge on any atom is 0.246 e. The van der Waals surface area contributed by atoms with Crippen LogP contribution in [0.25, 0.3) is 0 Å². The van der Waals surface area contributed by atoms with E-state index in [9.17, 15) is 4.79 Å². The lowest BCUT2D eigenvalue weighted by molar-refractivity contribution is -0.116. The second-order valence-electron chi connectivity index (χ2n) is 3.35. The summed E-state index contributed by atoms with van der Waals surface area (Å²) in [6.07, 6.45) is 3.31. The van der Waals surface area contributed by atoms with Crippen LogP contribution in [0.2, 0.25) is 10.0 Å². The first-order valence-electron chi connectivity index (χ1n) is 4.88. The molecule has 0 fully saturated rings. The summed E-state index contributed by atoms with van der Waals surface area (Å²) in [6, 6.07) is 6.79. The monoisotopic (exact) mass is 269 g/mol. The average molecular weight is 270 g/mol. The molecule has 88 valence electrons. The predicted molar refractivity (Wildman–Crippen MR) is 67.3 cm³/mol. The molecule has 1 amide bonds. The highest BCUT2D eigenvalue weighted by atomic mass is 35.5. The molecule has 0 aliphatic rings. The number of amides is 1. The van der Waals surface area contributed by atoms with Crippen LogP contribution < -0.4 is 5.32 Å². The first-order valence-corrected chi connectivity index (χ1v) is 5.63. The maximum absolute atomic E-state index is 11.7. The summed E-state index contributed by atoms with van der Waals surface area (Å²) in [7, 11) is 0. The lowest BCUT2D eigenvalue weighted by Gasteiger charge is -2.08. The van der Waals surface area contributed by atoms with Crippen LogP contribution in [0.3, 0.4) is 0 Å². The number of carbonyl (C=O) groups excluding carboxylic acids is 1. The molecule has 0 radical (unpaired) electrons. The van der Waals surface area contributed by atoms with Crippen LogP contribution in [0.4, 0.5) is 5.69 Å². The first kappa shape index (κ1) is 12.0. The molecule has 2 rings (SSSR count). The van der Waals surface area contributed by atoms with Gasteiger partial charge in [0.2, 0.25) is 5.91 Å². The van der Waals surface area contributed by atoms with Crippen molar-refractivity contribution in [1.82, 2.24) is 9.78 Å². The number of nitrogens with zero attached hydrogens (tertiary/aromatic N) is 2. The van der Waals surface area contributed by atoms with E-state index in [4.69, 9.17) is 23.2 Å². The van der Waals surface area contributed by atoms with E-state index in [-0.39, 0.29) is 12.5 Å². The van der Waals surface area contributed by atoms with Crippen LogP contribution in [0.15, 0.2) is 36.7 Å².